The van der Waals surface area contributed by atoms with Crippen LogP contribution in [0.15, 0.2) is 12.8 Å². The van der Waals surface area contributed by atoms with Crippen LogP contribution >= 0.6 is 22.6 Å². The Morgan fingerprint density at radius 1 is 1.91 bits per heavy atom. The Bertz CT molecular complexity index is 258. The monoisotopic (exact) mass is 265 g/mol. The van der Waals surface area contributed by atoms with E-state index in [1.54, 1.807) is 24.2 Å². The highest BCUT2D eigenvalue weighted by Crippen LogP contribution is 2.16. The number of hydrogen-bond acceptors (Lipinski definition) is 3. The van der Waals surface area contributed by atoms with E-state index < -0.39 is 0 Å². The zero-order valence-corrected chi connectivity index (χ0v) is 8.20. The summed E-state index contributed by atoms with van der Waals surface area (Å²) in [4.78, 5) is 4.75. The van der Waals surface area contributed by atoms with Crippen molar-refractivity contribution in [1.29, 1.82) is 0 Å². The molecular weight excluding hydrogens is 257 g/mol. The van der Waals surface area contributed by atoms with Gasteiger partial charge in [0.1, 0.15) is 0 Å². The maximum Gasteiger partial charge on any atom is 0.166 e. The van der Waals surface area contributed by atoms with E-state index in [-0.39, 0.29) is 0 Å². The molecule has 0 radical (unpaired) electrons. The first-order valence-electron chi connectivity index (χ1n) is 2.94. The molecule has 1 aromatic heterocycles. The second-order valence-corrected chi connectivity index (χ2v) is 2.94. The molecule has 0 unspecified atom stereocenters. The zero-order valence-electron chi connectivity index (χ0n) is 6.04. The predicted molar refractivity (Wildman–Crippen MR) is 52.0 cm³/mol. The largest absolute Gasteiger partial charge is 0.278 e. The van der Waals surface area contributed by atoms with Gasteiger partial charge in [-0.2, -0.15) is 5.10 Å². The van der Waals surface area contributed by atoms with Gasteiger partial charge in [-0.05, 0) is 22.6 Å². The molecule has 0 amide bonds. The number of aromatic nitrogens is 2. The summed E-state index contributed by atoms with van der Waals surface area (Å²) in [5.41, 5.74) is 2.70. The van der Waals surface area contributed by atoms with Crippen molar-refractivity contribution < 1.29 is 4.84 Å². The third kappa shape index (κ3) is 1.72. The summed E-state index contributed by atoms with van der Waals surface area (Å²) in [6.45, 7) is 3.59. The quantitative estimate of drug-likeness (QED) is 0.666. The molecule has 5 heteroatoms. The van der Waals surface area contributed by atoms with Gasteiger partial charge in [-0.1, -0.05) is 6.58 Å². The maximum atomic E-state index is 4.75. The molecule has 0 aliphatic carbocycles. The maximum absolute atomic E-state index is 4.75. The Morgan fingerprint density at radius 2 is 2.64 bits per heavy atom. The van der Waals surface area contributed by atoms with E-state index in [9.17, 15) is 0 Å². The fourth-order valence-electron chi connectivity index (χ4n) is 0.672. The van der Waals surface area contributed by atoms with Gasteiger partial charge in [0.25, 0.3) is 0 Å². The van der Waals surface area contributed by atoms with Crippen molar-refractivity contribution in [1.82, 2.24) is 9.78 Å². The van der Waals surface area contributed by atoms with Crippen LogP contribution in [0.3, 0.4) is 0 Å². The Kier molecular flexibility index (Phi) is 2.89. The van der Waals surface area contributed by atoms with Gasteiger partial charge in [-0.15, -0.1) is 0 Å². The average molecular weight is 265 g/mol. The highest BCUT2D eigenvalue weighted by Gasteiger charge is 2.04. The molecular formula is C6H8IN3O. The van der Waals surface area contributed by atoms with Crippen LogP contribution in [0.2, 0.25) is 0 Å². The van der Waals surface area contributed by atoms with Crippen molar-refractivity contribution >= 4 is 34.6 Å². The smallest absolute Gasteiger partial charge is 0.166 e. The fourth-order valence-corrected chi connectivity index (χ4v) is 1.15. The molecule has 11 heavy (non-hydrogen) atoms. The number of hydrogen-bond donors (Lipinski definition) is 1. The van der Waals surface area contributed by atoms with E-state index in [0.29, 0.717) is 0 Å². The minimum atomic E-state index is 0.795. The summed E-state index contributed by atoms with van der Waals surface area (Å²) in [5, 5.41) is 4.00. The first-order chi connectivity index (χ1) is 5.29. The van der Waals surface area contributed by atoms with Crippen molar-refractivity contribution in [2.75, 3.05) is 12.6 Å². The Labute approximate surface area is 78.3 Å². The van der Waals surface area contributed by atoms with Gasteiger partial charge < -0.3 is 0 Å². The van der Waals surface area contributed by atoms with E-state index in [1.165, 1.54) is 0 Å². The second-order valence-electron chi connectivity index (χ2n) is 1.77. The number of halogens is 1. The molecule has 0 aliphatic rings. The Hall–Kier alpha value is -0.560. The minimum absolute atomic E-state index is 0.795. The van der Waals surface area contributed by atoms with Crippen LogP contribution in [0.25, 0.3) is 6.20 Å². The van der Waals surface area contributed by atoms with Crippen LogP contribution in [0.4, 0.5) is 5.82 Å². The Morgan fingerprint density at radius 3 is 3.18 bits per heavy atom. The minimum Gasteiger partial charge on any atom is -0.278 e. The second kappa shape index (κ2) is 3.72. The summed E-state index contributed by atoms with van der Waals surface area (Å²) in [5.74, 6) is 0.795. The lowest BCUT2D eigenvalue weighted by molar-refractivity contribution is 0.267. The number of nitrogens with one attached hydrogen (secondary N) is 1. The van der Waals surface area contributed by atoms with Crippen LogP contribution < -0.4 is 5.48 Å². The molecule has 4 nitrogen and oxygen atoms in total. The lowest BCUT2D eigenvalue weighted by atomic mass is 10.6. The number of nitrogens with zero attached hydrogens (tertiary/aromatic N) is 2. The standard InChI is InChI=1S/C6H8IN3O/c1-3-10-6(9-11-2)5(7)4-8-10/h3-4,9H,1H2,2H3. The molecule has 0 aliphatic heterocycles. The lowest BCUT2D eigenvalue weighted by Crippen LogP contribution is -2.02. The van der Waals surface area contributed by atoms with E-state index in [2.05, 4.69) is 39.7 Å². The molecule has 0 fully saturated rings. The molecule has 1 heterocycles. The van der Waals surface area contributed by atoms with Gasteiger partial charge >= 0.3 is 0 Å². The van der Waals surface area contributed by atoms with Gasteiger partial charge in [-0.25, -0.2) is 10.2 Å². The first kappa shape index (κ1) is 8.54. The molecule has 60 valence electrons. The molecule has 0 atom stereocenters. The molecule has 1 aromatic rings. The van der Waals surface area contributed by atoms with Crippen LogP contribution in [-0.4, -0.2) is 16.9 Å². The molecule has 1 N–H and O–H groups in total. The van der Waals surface area contributed by atoms with Gasteiger partial charge in [-0.3, -0.25) is 4.84 Å². The van der Waals surface area contributed by atoms with Crippen molar-refractivity contribution in [3.8, 4) is 0 Å². The van der Waals surface area contributed by atoms with Gasteiger partial charge in [0.2, 0.25) is 0 Å². The molecule has 0 spiro atoms. The topological polar surface area (TPSA) is 39.1 Å². The van der Waals surface area contributed by atoms with Crippen LogP contribution in [0.1, 0.15) is 0 Å². The van der Waals surface area contributed by atoms with Gasteiger partial charge in [0.05, 0.1) is 16.9 Å². The normalized spacial score (nSPS) is 9.64. The predicted octanol–water partition coefficient (Wildman–Crippen LogP) is 1.56. The van der Waals surface area contributed by atoms with Crippen molar-refractivity contribution in [3.63, 3.8) is 0 Å². The van der Waals surface area contributed by atoms with Crippen LogP contribution in [0, 0.1) is 3.57 Å². The SMILES string of the molecule is C=Cn1ncc(I)c1NOC. The van der Waals surface area contributed by atoms with Crippen LogP contribution in [0.5, 0.6) is 0 Å². The molecule has 1 rings (SSSR count). The average Bonchev–Trinajstić information content (AvgIpc) is 2.34. The third-order valence-electron chi connectivity index (χ3n) is 1.12. The number of anilines is 1. The van der Waals surface area contributed by atoms with Gasteiger partial charge in [0.15, 0.2) is 5.82 Å². The third-order valence-corrected chi connectivity index (χ3v) is 1.91. The highest BCUT2D eigenvalue weighted by atomic mass is 127. The zero-order chi connectivity index (χ0) is 8.27. The van der Waals surface area contributed by atoms with Crippen molar-refractivity contribution in [3.05, 3.63) is 16.3 Å². The summed E-state index contributed by atoms with van der Waals surface area (Å²) in [6.07, 6.45) is 3.33. The van der Waals surface area contributed by atoms with E-state index in [4.69, 9.17) is 4.84 Å². The lowest BCUT2D eigenvalue weighted by Gasteiger charge is -2.02. The summed E-state index contributed by atoms with van der Waals surface area (Å²) >= 11 is 2.15. The number of rotatable bonds is 3. The summed E-state index contributed by atoms with van der Waals surface area (Å²) < 4.78 is 2.59. The van der Waals surface area contributed by atoms with E-state index in [1.807, 2.05) is 0 Å². The van der Waals surface area contributed by atoms with E-state index >= 15 is 0 Å². The summed E-state index contributed by atoms with van der Waals surface area (Å²) in [6, 6.07) is 0. The summed E-state index contributed by atoms with van der Waals surface area (Å²) in [7, 11) is 1.55. The first-order valence-corrected chi connectivity index (χ1v) is 4.02. The van der Waals surface area contributed by atoms with E-state index in [0.717, 1.165) is 9.39 Å². The fraction of sp³-hybridized carbons (Fsp3) is 0.167. The Balaban J connectivity index is 2.97. The van der Waals surface area contributed by atoms with Crippen molar-refractivity contribution in [2.24, 2.45) is 0 Å². The molecule has 0 saturated carbocycles. The van der Waals surface area contributed by atoms with Gasteiger partial charge in [0, 0.05) is 6.20 Å². The molecule has 0 aromatic carbocycles. The van der Waals surface area contributed by atoms with Crippen LogP contribution in [-0.2, 0) is 4.84 Å². The molecule has 0 bridgehead atoms. The molecule has 0 saturated heterocycles. The highest BCUT2D eigenvalue weighted by molar-refractivity contribution is 14.1. The van der Waals surface area contributed by atoms with Crippen molar-refractivity contribution in [2.45, 2.75) is 0 Å².